The lowest BCUT2D eigenvalue weighted by Crippen LogP contribution is -2.02. The maximum atomic E-state index is 12.0. The van der Waals surface area contributed by atoms with Crippen LogP contribution < -0.4 is 10.4 Å². The van der Waals surface area contributed by atoms with Crippen molar-refractivity contribution < 1.29 is 9.15 Å². The van der Waals surface area contributed by atoms with Gasteiger partial charge in [-0.1, -0.05) is 30.3 Å². The summed E-state index contributed by atoms with van der Waals surface area (Å²) in [6, 6.07) is 12.8. The molecule has 2 heterocycles. The van der Waals surface area contributed by atoms with E-state index in [1.165, 1.54) is 7.11 Å². The number of ether oxygens (including phenoxy) is 1. The second-order valence-corrected chi connectivity index (χ2v) is 4.08. The minimum Gasteiger partial charge on any atom is -0.481 e. The van der Waals surface area contributed by atoms with E-state index >= 15 is 0 Å². The molecule has 0 saturated carbocycles. The van der Waals surface area contributed by atoms with Gasteiger partial charge >= 0.3 is 5.63 Å². The third-order valence-corrected chi connectivity index (χ3v) is 2.89. The zero-order valence-electron chi connectivity index (χ0n) is 10.3. The molecule has 0 aliphatic heterocycles. The number of hydrogen-bond acceptors (Lipinski definition) is 4. The van der Waals surface area contributed by atoms with Gasteiger partial charge in [0.1, 0.15) is 5.58 Å². The second kappa shape index (κ2) is 4.57. The lowest BCUT2D eigenvalue weighted by atomic mass is 10.1. The number of aromatic nitrogens is 1. The summed E-state index contributed by atoms with van der Waals surface area (Å²) in [5.41, 5.74) is 1.46. The Balaban J connectivity index is 2.23. The summed E-state index contributed by atoms with van der Waals surface area (Å²) in [5, 5.41) is 0.763. The molecule has 0 fully saturated rings. The van der Waals surface area contributed by atoms with Crippen LogP contribution in [0.4, 0.5) is 0 Å². The van der Waals surface area contributed by atoms with Gasteiger partial charge in [-0.3, -0.25) is 0 Å². The number of rotatable bonds is 2. The average molecular weight is 253 g/mol. The molecular weight excluding hydrogens is 242 g/mol. The lowest BCUT2D eigenvalue weighted by molar-refractivity contribution is 0.397. The van der Waals surface area contributed by atoms with Crippen LogP contribution in [0.25, 0.3) is 22.1 Å². The fourth-order valence-electron chi connectivity index (χ4n) is 1.93. The zero-order valence-corrected chi connectivity index (χ0v) is 10.3. The van der Waals surface area contributed by atoms with E-state index < -0.39 is 0 Å². The van der Waals surface area contributed by atoms with Crippen LogP contribution in [0.1, 0.15) is 0 Å². The quantitative estimate of drug-likeness (QED) is 0.704. The molecule has 0 atom stereocenters. The molecule has 0 bridgehead atoms. The van der Waals surface area contributed by atoms with Crippen LogP contribution in [0.3, 0.4) is 0 Å². The molecule has 0 radical (unpaired) electrons. The Morgan fingerprint density at radius 3 is 2.68 bits per heavy atom. The summed E-state index contributed by atoms with van der Waals surface area (Å²) >= 11 is 0. The van der Waals surface area contributed by atoms with Crippen LogP contribution in [-0.2, 0) is 0 Å². The van der Waals surface area contributed by atoms with Crippen LogP contribution in [0.15, 0.2) is 57.9 Å². The van der Waals surface area contributed by atoms with Gasteiger partial charge in [0.25, 0.3) is 0 Å². The Labute approximate surface area is 109 Å². The van der Waals surface area contributed by atoms with E-state index in [0.29, 0.717) is 17.0 Å². The smallest absolute Gasteiger partial charge is 0.344 e. The highest BCUT2D eigenvalue weighted by Gasteiger charge is 2.08. The van der Waals surface area contributed by atoms with Gasteiger partial charge in [0.15, 0.2) is 0 Å². The van der Waals surface area contributed by atoms with Crippen LogP contribution in [0.2, 0.25) is 0 Å². The predicted octanol–water partition coefficient (Wildman–Crippen LogP) is 2.86. The van der Waals surface area contributed by atoms with E-state index in [1.807, 2.05) is 30.3 Å². The van der Waals surface area contributed by atoms with Crippen molar-refractivity contribution in [3.8, 4) is 17.0 Å². The Bertz CT molecular complexity index is 778. The summed E-state index contributed by atoms with van der Waals surface area (Å²) < 4.78 is 10.3. The summed E-state index contributed by atoms with van der Waals surface area (Å²) in [4.78, 5) is 16.1. The van der Waals surface area contributed by atoms with Crippen molar-refractivity contribution in [1.29, 1.82) is 0 Å². The topological polar surface area (TPSA) is 52.3 Å². The van der Waals surface area contributed by atoms with Gasteiger partial charge in [-0.2, -0.15) is 0 Å². The maximum Gasteiger partial charge on any atom is 0.344 e. The monoisotopic (exact) mass is 253 g/mol. The summed E-state index contributed by atoms with van der Waals surface area (Å²) in [7, 11) is 1.52. The molecule has 0 saturated heterocycles. The highest BCUT2D eigenvalue weighted by molar-refractivity contribution is 5.81. The second-order valence-electron chi connectivity index (χ2n) is 4.08. The summed E-state index contributed by atoms with van der Waals surface area (Å²) in [6.07, 6.45) is 1.63. The minimum atomic E-state index is -0.369. The molecule has 4 heteroatoms. The van der Waals surface area contributed by atoms with Crippen molar-refractivity contribution in [3.05, 3.63) is 59.1 Å². The molecule has 94 valence electrons. The Morgan fingerprint density at radius 1 is 1.16 bits per heavy atom. The molecule has 0 aliphatic carbocycles. The van der Waals surface area contributed by atoms with E-state index in [2.05, 4.69) is 4.98 Å². The first-order chi connectivity index (χ1) is 9.28. The van der Waals surface area contributed by atoms with E-state index in [9.17, 15) is 4.79 Å². The third kappa shape index (κ3) is 2.08. The van der Waals surface area contributed by atoms with Gasteiger partial charge in [0.05, 0.1) is 12.7 Å². The van der Waals surface area contributed by atoms with Gasteiger partial charge in [0.2, 0.25) is 5.88 Å². The van der Waals surface area contributed by atoms with Crippen molar-refractivity contribution >= 4 is 11.0 Å². The maximum absolute atomic E-state index is 12.0. The van der Waals surface area contributed by atoms with Crippen molar-refractivity contribution in [1.82, 2.24) is 4.98 Å². The van der Waals surface area contributed by atoms with Gasteiger partial charge < -0.3 is 9.15 Å². The fourth-order valence-corrected chi connectivity index (χ4v) is 1.93. The molecule has 4 nitrogen and oxygen atoms in total. The molecule has 0 amide bonds. The molecule has 19 heavy (non-hydrogen) atoms. The standard InChI is InChI=1S/C15H11NO3/c1-18-14-8-13-11(9-16-14)7-12(15(17)19-13)10-5-3-2-4-6-10/h2-9H,1H3. The SMILES string of the molecule is COc1cc2oc(=O)c(-c3ccccc3)cc2cn1. The summed E-state index contributed by atoms with van der Waals surface area (Å²) in [6.45, 7) is 0. The lowest BCUT2D eigenvalue weighted by Gasteiger charge is -2.03. The van der Waals surface area contributed by atoms with Crippen molar-refractivity contribution in [2.24, 2.45) is 0 Å². The normalized spacial score (nSPS) is 10.6. The number of nitrogens with zero attached hydrogens (tertiary/aromatic N) is 1. The van der Waals surface area contributed by atoms with Gasteiger partial charge in [-0.05, 0) is 11.6 Å². The molecule has 0 aliphatic rings. The van der Waals surface area contributed by atoms with Crippen molar-refractivity contribution in [3.63, 3.8) is 0 Å². The van der Waals surface area contributed by atoms with Crippen LogP contribution in [-0.4, -0.2) is 12.1 Å². The summed E-state index contributed by atoms with van der Waals surface area (Å²) in [5.74, 6) is 0.420. The van der Waals surface area contributed by atoms with Gasteiger partial charge in [-0.25, -0.2) is 9.78 Å². The first kappa shape index (κ1) is 11.5. The number of hydrogen-bond donors (Lipinski definition) is 0. The Hall–Kier alpha value is -2.62. The highest BCUT2D eigenvalue weighted by atomic mass is 16.5. The number of benzene rings is 1. The molecule has 3 aromatic rings. The highest BCUT2D eigenvalue weighted by Crippen LogP contribution is 2.22. The largest absolute Gasteiger partial charge is 0.481 e. The van der Waals surface area contributed by atoms with Crippen LogP contribution in [0, 0.1) is 0 Å². The zero-order chi connectivity index (χ0) is 13.2. The Kier molecular flexibility index (Phi) is 2.76. The number of pyridine rings is 1. The predicted molar refractivity (Wildman–Crippen MR) is 72.3 cm³/mol. The van der Waals surface area contributed by atoms with Crippen molar-refractivity contribution in [2.75, 3.05) is 7.11 Å². The molecule has 0 N–H and O–H groups in total. The molecule has 1 aromatic carbocycles. The third-order valence-electron chi connectivity index (χ3n) is 2.89. The van der Waals surface area contributed by atoms with E-state index in [0.717, 1.165) is 10.9 Å². The van der Waals surface area contributed by atoms with E-state index in [-0.39, 0.29) is 5.63 Å². The van der Waals surface area contributed by atoms with Gasteiger partial charge in [0, 0.05) is 17.6 Å². The fraction of sp³-hybridized carbons (Fsp3) is 0.0667. The van der Waals surface area contributed by atoms with E-state index in [1.54, 1.807) is 18.3 Å². The molecular formula is C15H11NO3. The molecule has 0 spiro atoms. The first-order valence-electron chi connectivity index (χ1n) is 5.81. The van der Waals surface area contributed by atoms with E-state index in [4.69, 9.17) is 9.15 Å². The Morgan fingerprint density at radius 2 is 1.95 bits per heavy atom. The minimum absolute atomic E-state index is 0.369. The van der Waals surface area contributed by atoms with Crippen molar-refractivity contribution in [2.45, 2.75) is 0 Å². The van der Waals surface area contributed by atoms with Crippen LogP contribution in [0.5, 0.6) is 5.88 Å². The number of fused-ring (bicyclic) bond motifs is 1. The molecule has 3 rings (SSSR count). The van der Waals surface area contributed by atoms with Gasteiger partial charge in [-0.15, -0.1) is 0 Å². The first-order valence-corrected chi connectivity index (χ1v) is 5.81. The number of methoxy groups -OCH3 is 1. The molecule has 2 aromatic heterocycles. The average Bonchev–Trinajstić information content (AvgIpc) is 2.47. The van der Waals surface area contributed by atoms with Crippen LogP contribution >= 0.6 is 0 Å². The molecule has 0 unspecified atom stereocenters.